The zero-order chi connectivity index (χ0) is 16.8. The van der Waals surface area contributed by atoms with Crippen molar-refractivity contribution in [3.8, 4) is 0 Å². The second-order valence-electron chi connectivity index (χ2n) is 6.74. The van der Waals surface area contributed by atoms with E-state index in [1.54, 1.807) is 13.0 Å². The van der Waals surface area contributed by atoms with Crippen LogP contribution in [-0.2, 0) is 14.6 Å². The fourth-order valence-electron chi connectivity index (χ4n) is 2.78. The SMILES string of the molecule is Cc1cc(NC(=O)C2CC2)sc1C(=O)NC1(C)CCS(=O)(=O)C1. The van der Waals surface area contributed by atoms with Crippen molar-refractivity contribution < 1.29 is 18.0 Å². The third kappa shape index (κ3) is 3.74. The van der Waals surface area contributed by atoms with Gasteiger partial charge in [0.2, 0.25) is 5.91 Å². The highest BCUT2D eigenvalue weighted by molar-refractivity contribution is 7.91. The van der Waals surface area contributed by atoms with Crippen LogP contribution in [0.15, 0.2) is 6.07 Å². The molecule has 0 aromatic carbocycles. The number of rotatable bonds is 4. The lowest BCUT2D eigenvalue weighted by molar-refractivity contribution is -0.117. The molecule has 2 aliphatic rings. The highest BCUT2D eigenvalue weighted by Crippen LogP contribution is 2.33. The molecule has 0 radical (unpaired) electrons. The summed E-state index contributed by atoms with van der Waals surface area (Å²) < 4.78 is 23.3. The molecule has 1 aromatic rings. The lowest BCUT2D eigenvalue weighted by atomic mass is 10.0. The van der Waals surface area contributed by atoms with E-state index in [4.69, 9.17) is 0 Å². The lowest BCUT2D eigenvalue weighted by Crippen LogP contribution is -2.46. The van der Waals surface area contributed by atoms with Gasteiger partial charge in [-0.1, -0.05) is 0 Å². The van der Waals surface area contributed by atoms with Crippen LogP contribution in [0.1, 0.15) is 41.4 Å². The molecule has 0 bridgehead atoms. The summed E-state index contributed by atoms with van der Waals surface area (Å²) in [4.78, 5) is 24.8. The van der Waals surface area contributed by atoms with Crippen LogP contribution in [0.25, 0.3) is 0 Å². The molecular weight excluding hydrogens is 336 g/mol. The normalized spacial score (nSPS) is 26.0. The molecule has 8 heteroatoms. The van der Waals surface area contributed by atoms with Crippen LogP contribution >= 0.6 is 11.3 Å². The first-order valence-corrected chi connectivity index (χ1v) is 10.3. The van der Waals surface area contributed by atoms with Crippen LogP contribution in [0.5, 0.6) is 0 Å². The Labute approximate surface area is 139 Å². The van der Waals surface area contributed by atoms with Gasteiger partial charge in [0, 0.05) is 5.92 Å². The topological polar surface area (TPSA) is 92.3 Å². The van der Waals surface area contributed by atoms with Gasteiger partial charge in [0.05, 0.1) is 26.9 Å². The van der Waals surface area contributed by atoms with Gasteiger partial charge in [-0.2, -0.15) is 0 Å². The maximum Gasteiger partial charge on any atom is 0.262 e. The van der Waals surface area contributed by atoms with E-state index < -0.39 is 15.4 Å². The Morgan fingerprint density at radius 1 is 1.35 bits per heavy atom. The van der Waals surface area contributed by atoms with Crippen LogP contribution in [0, 0.1) is 12.8 Å². The first kappa shape index (κ1) is 16.4. The van der Waals surface area contributed by atoms with Gasteiger partial charge in [-0.05, 0) is 44.7 Å². The van der Waals surface area contributed by atoms with Crippen molar-refractivity contribution in [3.05, 3.63) is 16.5 Å². The van der Waals surface area contributed by atoms with Gasteiger partial charge < -0.3 is 10.6 Å². The lowest BCUT2D eigenvalue weighted by Gasteiger charge is -2.23. The van der Waals surface area contributed by atoms with Gasteiger partial charge in [-0.25, -0.2) is 8.42 Å². The predicted molar refractivity (Wildman–Crippen MR) is 89.6 cm³/mol. The number of hydrogen-bond donors (Lipinski definition) is 2. The molecule has 126 valence electrons. The van der Waals surface area contributed by atoms with E-state index >= 15 is 0 Å². The maximum atomic E-state index is 12.5. The minimum atomic E-state index is -3.07. The van der Waals surface area contributed by atoms with Crippen molar-refractivity contribution in [1.82, 2.24) is 5.32 Å². The molecule has 1 aliphatic carbocycles. The molecule has 0 spiro atoms. The van der Waals surface area contributed by atoms with Crippen molar-refractivity contribution >= 4 is 38.0 Å². The Balaban J connectivity index is 1.70. The first-order valence-electron chi connectivity index (χ1n) is 7.62. The summed E-state index contributed by atoms with van der Waals surface area (Å²) >= 11 is 1.23. The van der Waals surface area contributed by atoms with Crippen LogP contribution in [-0.4, -0.2) is 37.3 Å². The molecule has 2 amide bonds. The standard InChI is InChI=1S/C15H20N2O4S2/c1-9-7-11(16-13(18)10-3-4-10)22-12(9)14(19)17-15(2)5-6-23(20,21)8-15/h7,10H,3-6,8H2,1-2H3,(H,16,18)(H,17,19). The molecule has 6 nitrogen and oxygen atoms in total. The third-order valence-corrected chi connectivity index (χ3v) is 7.29. The Morgan fingerprint density at radius 2 is 2.04 bits per heavy atom. The molecule has 1 saturated carbocycles. The van der Waals surface area contributed by atoms with Gasteiger partial charge in [-0.3, -0.25) is 9.59 Å². The van der Waals surface area contributed by atoms with Crippen molar-refractivity contribution in [2.24, 2.45) is 5.92 Å². The quantitative estimate of drug-likeness (QED) is 0.859. The van der Waals surface area contributed by atoms with Gasteiger partial charge in [0.15, 0.2) is 9.84 Å². The Hall–Kier alpha value is -1.41. The van der Waals surface area contributed by atoms with E-state index in [0.717, 1.165) is 18.4 Å². The fourth-order valence-corrected chi connectivity index (χ4v) is 5.84. The van der Waals surface area contributed by atoms with E-state index in [1.165, 1.54) is 11.3 Å². The van der Waals surface area contributed by atoms with E-state index in [0.29, 0.717) is 16.3 Å². The zero-order valence-corrected chi connectivity index (χ0v) is 14.8. The van der Waals surface area contributed by atoms with Crippen molar-refractivity contribution in [1.29, 1.82) is 0 Å². The number of carbonyl (C=O) groups excluding carboxylic acids is 2. The summed E-state index contributed by atoms with van der Waals surface area (Å²) in [5, 5.41) is 6.35. The zero-order valence-electron chi connectivity index (χ0n) is 13.1. The van der Waals surface area contributed by atoms with Crippen molar-refractivity contribution in [3.63, 3.8) is 0 Å². The number of anilines is 1. The second-order valence-corrected chi connectivity index (χ2v) is 9.98. The van der Waals surface area contributed by atoms with E-state index in [9.17, 15) is 18.0 Å². The van der Waals surface area contributed by atoms with E-state index in [-0.39, 0.29) is 29.2 Å². The molecule has 1 atom stereocenters. The summed E-state index contributed by atoms with van der Waals surface area (Å²) in [6.07, 6.45) is 2.28. The Bertz CT molecular complexity index is 764. The molecule has 3 rings (SSSR count). The van der Waals surface area contributed by atoms with Gasteiger partial charge in [-0.15, -0.1) is 11.3 Å². The van der Waals surface area contributed by atoms with E-state index in [1.807, 2.05) is 6.92 Å². The molecule has 2 heterocycles. The maximum absolute atomic E-state index is 12.5. The summed E-state index contributed by atoms with van der Waals surface area (Å²) in [6, 6.07) is 1.79. The molecule has 1 saturated heterocycles. The summed E-state index contributed by atoms with van der Waals surface area (Å²) in [5.74, 6) is -0.0829. The van der Waals surface area contributed by atoms with Crippen molar-refractivity contribution in [2.45, 2.75) is 38.6 Å². The third-order valence-electron chi connectivity index (χ3n) is 4.24. The van der Waals surface area contributed by atoms with E-state index in [2.05, 4.69) is 10.6 Å². The number of carbonyl (C=O) groups is 2. The minimum absolute atomic E-state index is 0.00653. The predicted octanol–water partition coefficient (Wildman–Crippen LogP) is 1.71. The second kappa shape index (κ2) is 5.59. The van der Waals surface area contributed by atoms with Gasteiger partial charge >= 0.3 is 0 Å². The molecular formula is C15H20N2O4S2. The highest BCUT2D eigenvalue weighted by Gasteiger charge is 2.40. The molecule has 2 fully saturated rings. The monoisotopic (exact) mass is 356 g/mol. The minimum Gasteiger partial charge on any atom is -0.345 e. The average Bonchev–Trinajstić information content (AvgIpc) is 3.15. The number of nitrogens with one attached hydrogen (secondary N) is 2. The smallest absolute Gasteiger partial charge is 0.262 e. The number of sulfone groups is 1. The molecule has 23 heavy (non-hydrogen) atoms. The van der Waals surface area contributed by atoms with Crippen LogP contribution in [0.2, 0.25) is 0 Å². The first-order chi connectivity index (χ1) is 10.7. The largest absolute Gasteiger partial charge is 0.345 e. The summed E-state index contributed by atoms with van der Waals surface area (Å²) in [5.41, 5.74) is 0.0621. The number of thiophene rings is 1. The summed E-state index contributed by atoms with van der Waals surface area (Å²) in [6.45, 7) is 3.57. The summed E-state index contributed by atoms with van der Waals surface area (Å²) in [7, 11) is -3.07. The highest BCUT2D eigenvalue weighted by atomic mass is 32.2. The van der Waals surface area contributed by atoms with Crippen LogP contribution in [0.3, 0.4) is 0 Å². The van der Waals surface area contributed by atoms with Crippen LogP contribution < -0.4 is 10.6 Å². The Kier molecular flexibility index (Phi) is 4.00. The van der Waals surface area contributed by atoms with Crippen molar-refractivity contribution in [2.75, 3.05) is 16.8 Å². The molecule has 1 unspecified atom stereocenters. The fraction of sp³-hybridized carbons (Fsp3) is 0.600. The number of amides is 2. The van der Waals surface area contributed by atoms with Crippen LogP contribution in [0.4, 0.5) is 5.00 Å². The molecule has 1 aliphatic heterocycles. The number of aryl methyl sites for hydroxylation is 1. The average molecular weight is 356 g/mol. The number of hydrogen-bond acceptors (Lipinski definition) is 5. The molecule has 2 N–H and O–H groups in total. The Morgan fingerprint density at radius 3 is 2.61 bits per heavy atom. The van der Waals surface area contributed by atoms with Gasteiger partial charge in [0.1, 0.15) is 0 Å². The van der Waals surface area contributed by atoms with Gasteiger partial charge in [0.25, 0.3) is 5.91 Å². The molecule has 1 aromatic heterocycles.